The Morgan fingerprint density at radius 3 is 2.42 bits per heavy atom. The number of nitro groups is 1. The number of benzene rings is 2. The van der Waals surface area contributed by atoms with Gasteiger partial charge in [0, 0.05) is 36.5 Å². The molecule has 10 nitrogen and oxygen atoms in total. The first-order chi connectivity index (χ1) is 15.4. The number of para-hydroxylation sites is 1. The maximum Gasteiger partial charge on any atom is 0.269 e. The number of nitro benzene ring substituents is 1. The zero-order valence-electron chi connectivity index (χ0n) is 16.7. The second-order valence-corrected chi connectivity index (χ2v) is 7.08. The lowest BCUT2D eigenvalue weighted by atomic mass is 10.0. The molecule has 0 unspecified atom stereocenters. The number of imidazole rings is 1. The van der Waals surface area contributed by atoms with Gasteiger partial charge in [-0.05, 0) is 29.8 Å². The average Bonchev–Trinajstić information content (AvgIpc) is 3.24. The highest BCUT2D eigenvalue weighted by Crippen LogP contribution is 2.22. The highest BCUT2D eigenvalue weighted by Gasteiger charge is 2.22. The van der Waals surface area contributed by atoms with Crippen molar-refractivity contribution in [1.82, 2.24) is 20.3 Å². The summed E-state index contributed by atoms with van der Waals surface area (Å²) < 4.78 is 0. The van der Waals surface area contributed by atoms with Gasteiger partial charge in [0.25, 0.3) is 11.6 Å². The summed E-state index contributed by atoms with van der Waals surface area (Å²) >= 11 is 0. The normalized spacial score (nSPS) is 11.4. The Morgan fingerprint density at radius 1 is 1.09 bits per heavy atom. The van der Waals surface area contributed by atoms with E-state index < -0.39 is 22.8 Å². The summed E-state index contributed by atoms with van der Waals surface area (Å²) in [6.45, 7) is 0. The van der Waals surface area contributed by atoms with Crippen molar-refractivity contribution in [2.45, 2.75) is 19.9 Å². The maximum atomic E-state index is 13.0. The Morgan fingerprint density at radius 2 is 1.79 bits per heavy atom. The van der Waals surface area contributed by atoms with Crippen LogP contribution < -0.4 is 11.1 Å². The van der Waals surface area contributed by atoms with Crippen LogP contribution in [0.1, 0.15) is 23.3 Å². The molecule has 4 N–H and O–H groups in total. The second-order valence-electron chi connectivity index (χ2n) is 7.08. The fraction of sp³-hybridized carbons (Fsp3) is 0.130. The number of pyridine rings is 1. The Balaban J connectivity index is 0.00000306. The summed E-state index contributed by atoms with van der Waals surface area (Å²) in [6.07, 6.45) is 3.38. The Bertz CT molecular complexity index is 1300. The van der Waals surface area contributed by atoms with Gasteiger partial charge in [-0.15, -0.1) is 0 Å². The molecule has 0 saturated carbocycles. The van der Waals surface area contributed by atoms with E-state index in [1.165, 1.54) is 24.3 Å². The quantitative estimate of drug-likeness (QED) is 0.292. The number of rotatable bonds is 7. The van der Waals surface area contributed by atoms with Crippen molar-refractivity contribution in [2.24, 2.45) is 5.73 Å². The van der Waals surface area contributed by atoms with E-state index in [1.807, 2.05) is 0 Å². The van der Waals surface area contributed by atoms with Gasteiger partial charge < -0.3 is 16.0 Å². The number of aromatic amines is 1. The number of nitrogens with two attached hydrogens (primary N) is 1. The fourth-order valence-corrected chi connectivity index (χ4v) is 3.31. The van der Waals surface area contributed by atoms with Gasteiger partial charge >= 0.3 is 0 Å². The van der Waals surface area contributed by atoms with Crippen LogP contribution in [0.3, 0.4) is 0 Å². The van der Waals surface area contributed by atoms with Crippen LogP contribution in [0.4, 0.5) is 5.69 Å². The number of nitrogens with one attached hydrogen (secondary N) is 2. The third kappa shape index (κ3) is 5.01. The lowest BCUT2D eigenvalue weighted by Crippen LogP contribution is -2.45. The standard InChI is InChI=1S/C22H18N6O4.CH4/c23-20(29)18(12-13-4-6-15(7-5-13)28(31)32)26-22(30)16-2-1-3-17-19(16)27-21(25-17)14-8-10-24-11-9-14;/h1-11,18H,12H2,(H2,23,29)(H,25,27)(H,26,30);1H4/t18-;/m1./s1. The first-order valence-corrected chi connectivity index (χ1v) is 9.65. The van der Waals surface area contributed by atoms with E-state index >= 15 is 0 Å². The summed E-state index contributed by atoms with van der Waals surface area (Å²) in [5, 5.41) is 13.5. The van der Waals surface area contributed by atoms with Gasteiger partial charge in [0.2, 0.25) is 5.91 Å². The number of aromatic nitrogens is 3. The van der Waals surface area contributed by atoms with E-state index in [2.05, 4.69) is 20.3 Å². The number of hydrogen-bond donors (Lipinski definition) is 3. The molecule has 0 saturated heterocycles. The predicted molar refractivity (Wildman–Crippen MR) is 123 cm³/mol. The van der Waals surface area contributed by atoms with Crippen molar-refractivity contribution in [3.05, 3.63) is 88.2 Å². The number of non-ortho nitro benzene ring substituents is 1. The minimum atomic E-state index is -1.00. The first kappa shape index (κ1) is 23.1. The van der Waals surface area contributed by atoms with Crippen LogP contribution in [-0.4, -0.2) is 37.7 Å². The second kappa shape index (κ2) is 9.69. The molecule has 1 atom stereocenters. The molecule has 0 aliphatic carbocycles. The Labute approximate surface area is 189 Å². The number of carbonyl (C=O) groups excluding carboxylic acids is 2. The van der Waals surface area contributed by atoms with Crippen LogP contribution in [-0.2, 0) is 11.2 Å². The summed E-state index contributed by atoms with van der Waals surface area (Å²) in [5.74, 6) is -0.641. The number of primary amides is 1. The molecule has 2 aromatic heterocycles. The first-order valence-electron chi connectivity index (χ1n) is 9.65. The predicted octanol–water partition coefficient (Wildman–Crippen LogP) is 3.00. The van der Waals surface area contributed by atoms with Crippen molar-refractivity contribution in [3.63, 3.8) is 0 Å². The Kier molecular flexibility index (Phi) is 6.77. The zero-order valence-corrected chi connectivity index (χ0v) is 16.7. The maximum absolute atomic E-state index is 13.0. The van der Waals surface area contributed by atoms with Gasteiger partial charge in [-0.25, -0.2) is 4.98 Å². The topological polar surface area (TPSA) is 157 Å². The molecule has 2 heterocycles. The van der Waals surface area contributed by atoms with Gasteiger partial charge in [-0.2, -0.15) is 0 Å². The number of amides is 2. The van der Waals surface area contributed by atoms with Gasteiger partial charge in [0.15, 0.2) is 0 Å². The zero-order chi connectivity index (χ0) is 22.7. The summed E-state index contributed by atoms with van der Waals surface area (Å²) in [5.41, 5.74) is 8.27. The molecule has 168 valence electrons. The molecule has 10 heteroatoms. The summed E-state index contributed by atoms with van der Waals surface area (Å²) in [7, 11) is 0. The minimum absolute atomic E-state index is 0. The molecule has 2 amide bonds. The molecular formula is C23H22N6O4. The van der Waals surface area contributed by atoms with Gasteiger partial charge in [0.05, 0.1) is 16.0 Å². The Hall–Kier alpha value is -4.60. The molecule has 33 heavy (non-hydrogen) atoms. The SMILES string of the molecule is C.NC(=O)[C@@H](Cc1ccc([N+](=O)[O-])cc1)NC(=O)c1cccc2[nH]c(-c3ccncc3)nc12. The number of fused-ring (bicyclic) bond motifs is 1. The number of nitrogens with zero attached hydrogens (tertiary/aromatic N) is 3. The van der Waals surface area contributed by atoms with Crippen LogP contribution in [0, 0.1) is 10.1 Å². The third-order valence-electron chi connectivity index (χ3n) is 4.95. The molecule has 0 bridgehead atoms. The molecular weight excluding hydrogens is 424 g/mol. The van der Waals surface area contributed by atoms with E-state index in [0.717, 1.165) is 5.56 Å². The lowest BCUT2D eigenvalue weighted by molar-refractivity contribution is -0.384. The van der Waals surface area contributed by atoms with E-state index in [4.69, 9.17) is 5.73 Å². The largest absolute Gasteiger partial charge is 0.368 e. The molecule has 2 aromatic carbocycles. The van der Waals surface area contributed by atoms with E-state index in [-0.39, 0.29) is 25.1 Å². The number of H-pyrrole nitrogens is 1. The minimum Gasteiger partial charge on any atom is -0.368 e. The summed E-state index contributed by atoms with van der Waals surface area (Å²) in [4.78, 5) is 46.9. The molecule has 4 rings (SSSR count). The van der Waals surface area contributed by atoms with Gasteiger partial charge in [0.1, 0.15) is 17.4 Å². The molecule has 0 aliphatic heterocycles. The van der Waals surface area contributed by atoms with Crippen molar-refractivity contribution < 1.29 is 14.5 Å². The highest BCUT2D eigenvalue weighted by atomic mass is 16.6. The van der Waals surface area contributed by atoms with E-state index in [0.29, 0.717) is 22.4 Å². The van der Waals surface area contributed by atoms with Crippen molar-refractivity contribution in [1.29, 1.82) is 0 Å². The molecule has 0 fully saturated rings. The average molecular weight is 446 g/mol. The van der Waals surface area contributed by atoms with Gasteiger partial charge in [-0.3, -0.25) is 24.7 Å². The van der Waals surface area contributed by atoms with Crippen molar-refractivity contribution in [3.8, 4) is 11.4 Å². The fourth-order valence-electron chi connectivity index (χ4n) is 3.31. The molecule has 0 spiro atoms. The number of carbonyl (C=O) groups is 2. The molecule has 0 radical (unpaired) electrons. The summed E-state index contributed by atoms with van der Waals surface area (Å²) in [6, 6.07) is 13.4. The monoisotopic (exact) mass is 446 g/mol. The van der Waals surface area contributed by atoms with Crippen molar-refractivity contribution in [2.75, 3.05) is 0 Å². The third-order valence-corrected chi connectivity index (χ3v) is 4.95. The molecule has 4 aromatic rings. The van der Waals surface area contributed by atoms with Crippen LogP contribution in [0.2, 0.25) is 0 Å². The highest BCUT2D eigenvalue weighted by molar-refractivity contribution is 6.06. The number of hydrogen-bond acceptors (Lipinski definition) is 6. The smallest absolute Gasteiger partial charge is 0.269 e. The van der Waals surface area contributed by atoms with E-state index in [9.17, 15) is 19.7 Å². The van der Waals surface area contributed by atoms with Crippen LogP contribution >= 0.6 is 0 Å². The van der Waals surface area contributed by atoms with Crippen LogP contribution in [0.5, 0.6) is 0 Å². The van der Waals surface area contributed by atoms with Crippen LogP contribution in [0.15, 0.2) is 67.0 Å². The van der Waals surface area contributed by atoms with Gasteiger partial charge in [-0.1, -0.05) is 25.6 Å². The molecule has 0 aliphatic rings. The van der Waals surface area contributed by atoms with E-state index in [1.54, 1.807) is 42.7 Å². The van der Waals surface area contributed by atoms with Crippen LogP contribution in [0.25, 0.3) is 22.4 Å². The van der Waals surface area contributed by atoms with Crippen molar-refractivity contribution >= 4 is 28.5 Å². The lowest BCUT2D eigenvalue weighted by Gasteiger charge is -2.16.